The second kappa shape index (κ2) is 9.25. The van der Waals surface area contributed by atoms with Crippen LogP contribution in [0, 0.1) is 0 Å². The van der Waals surface area contributed by atoms with Crippen molar-refractivity contribution in [1.29, 1.82) is 0 Å². The molecule has 8 heteroatoms. The number of hydrogen-bond acceptors (Lipinski definition) is 6. The fourth-order valence-corrected chi connectivity index (χ4v) is 3.87. The molecule has 1 heterocycles. The van der Waals surface area contributed by atoms with E-state index in [0.29, 0.717) is 5.03 Å². The maximum absolute atomic E-state index is 12.4. The van der Waals surface area contributed by atoms with Crippen LogP contribution in [0.15, 0.2) is 62.9 Å². The zero-order valence-electron chi connectivity index (χ0n) is 15.8. The van der Waals surface area contributed by atoms with E-state index in [0.717, 1.165) is 20.7 Å². The van der Waals surface area contributed by atoms with Crippen molar-refractivity contribution < 1.29 is 14.3 Å². The maximum atomic E-state index is 12.4. The summed E-state index contributed by atoms with van der Waals surface area (Å²) < 4.78 is 13.1. The Morgan fingerprint density at radius 1 is 1.18 bits per heavy atom. The normalized spacial score (nSPS) is 11.9. The highest BCUT2D eigenvalue weighted by Crippen LogP contribution is 2.34. The molecule has 0 N–H and O–H groups in total. The minimum Gasteiger partial charge on any atom is -0.497 e. The number of esters is 1. The molecular weight excluding hydrogens is 442 g/mol. The molecular formula is C20H20BrN3O3S. The molecule has 1 unspecified atom stereocenters. The third-order valence-electron chi connectivity index (χ3n) is 4.11. The molecule has 0 bridgehead atoms. The molecule has 0 amide bonds. The van der Waals surface area contributed by atoms with E-state index in [1.165, 1.54) is 11.8 Å². The van der Waals surface area contributed by atoms with E-state index in [1.807, 2.05) is 55.5 Å². The van der Waals surface area contributed by atoms with Crippen LogP contribution in [0.25, 0.3) is 0 Å². The SMILES string of the molecule is CCOC(=O)c1nnn(C(C)c2ccc(OC)cc2)c1Sc1ccc(Br)cc1. The number of carbonyl (C=O) groups is 1. The van der Waals surface area contributed by atoms with Crippen LogP contribution in [0.2, 0.25) is 0 Å². The Morgan fingerprint density at radius 2 is 1.86 bits per heavy atom. The summed E-state index contributed by atoms with van der Waals surface area (Å²) in [5.74, 6) is 0.307. The van der Waals surface area contributed by atoms with E-state index in [9.17, 15) is 4.79 Å². The summed E-state index contributed by atoms with van der Waals surface area (Å²) >= 11 is 4.87. The quantitative estimate of drug-likeness (QED) is 0.461. The zero-order chi connectivity index (χ0) is 20.1. The lowest BCUT2D eigenvalue weighted by molar-refractivity contribution is 0.0514. The van der Waals surface area contributed by atoms with Gasteiger partial charge in [-0.15, -0.1) is 5.10 Å². The lowest BCUT2D eigenvalue weighted by Crippen LogP contribution is -2.11. The topological polar surface area (TPSA) is 66.2 Å². The van der Waals surface area contributed by atoms with Crippen molar-refractivity contribution in [2.75, 3.05) is 13.7 Å². The second-order valence-electron chi connectivity index (χ2n) is 5.91. The number of carbonyl (C=O) groups excluding carboxylic acids is 1. The van der Waals surface area contributed by atoms with Crippen molar-refractivity contribution in [3.63, 3.8) is 0 Å². The standard InChI is InChI=1S/C20H20BrN3O3S/c1-4-27-20(25)18-19(28-17-11-7-15(21)8-12-17)24(23-22-18)13(2)14-5-9-16(26-3)10-6-14/h5-13H,4H2,1-3H3. The summed E-state index contributed by atoms with van der Waals surface area (Å²) in [6, 6.07) is 15.5. The van der Waals surface area contributed by atoms with Crippen molar-refractivity contribution in [3.8, 4) is 5.75 Å². The molecule has 0 aliphatic carbocycles. The predicted octanol–water partition coefficient (Wildman–Crippen LogP) is 4.99. The van der Waals surface area contributed by atoms with Gasteiger partial charge in [0.1, 0.15) is 10.8 Å². The number of ether oxygens (including phenoxy) is 2. The van der Waals surface area contributed by atoms with Crippen molar-refractivity contribution in [1.82, 2.24) is 15.0 Å². The molecule has 3 rings (SSSR count). The van der Waals surface area contributed by atoms with E-state index in [-0.39, 0.29) is 18.3 Å². The van der Waals surface area contributed by atoms with Gasteiger partial charge in [0, 0.05) is 9.37 Å². The average molecular weight is 462 g/mol. The van der Waals surface area contributed by atoms with Gasteiger partial charge in [-0.1, -0.05) is 45.0 Å². The third-order valence-corrected chi connectivity index (χ3v) is 5.72. The number of hydrogen-bond donors (Lipinski definition) is 0. The fourth-order valence-electron chi connectivity index (χ4n) is 2.60. The number of halogens is 1. The van der Waals surface area contributed by atoms with Gasteiger partial charge in [-0.05, 0) is 55.8 Å². The fraction of sp³-hybridized carbons (Fsp3) is 0.250. The van der Waals surface area contributed by atoms with Crippen molar-refractivity contribution in [2.45, 2.75) is 29.8 Å². The van der Waals surface area contributed by atoms with Crippen molar-refractivity contribution in [3.05, 3.63) is 64.3 Å². The number of benzene rings is 2. The summed E-state index contributed by atoms with van der Waals surface area (Å²) in [4.78, 5) is 13.4. The molecule has 0 saturated carbocycles. The van der Waals surface area contributed by atoms with Gasteiger partial charge >= 0.3 is 5.97 Å². The second-order valence-corrected chi connectivity index (χ2v) is 7.89. The van der Waals surface area contributed by atoms with Crippen LogP contribution in [0.1, 0.15) is 35.9 Å². The van der Waals surface area contributed by atoms with Gasteiger partial charge in [0.05, 0.1) is 19.8 Å². The first-order valence-electron chi connectivity index (χ1n) is 8.73. The highest BCUT2D eigenvalue weighted by atomic mass is 79.9. The summed E-state index contributed by atoms with van der Waals surface area (Å²) in [6.07, 6.45) is 0. The van der Waals surface area contributed by atoms with Crippen LogP contribution in [-0.4, -0.2) is 34.7 Å². The van der Waals surface area contributed by atoms with Gasteiger partial charge in [-0.25, -0.2) is 9.48 Å². The Balaban J connectivity index is 1.99. The highest BCUT2D eigenvalue weighted by Gasteiger charge is 2.25. The lowest BCUT2D eigenvalue weighted by Gasteiger charge is -2.16. The largest absolute Gasteiger partial charge is 0.497 e. The third kappa shape index (κ3) is 4.56. The highest BCUT2D eigenvalue weighted by molar-refractivity contribution is 9.10. The Bertz CT molecular complexity index is 942. The summed E-state index contributed by atoms with van der Waals surface area (Å²) in [6.45, 7) is 4.06. The van der Waals surface area contributed by atoms with E-state index < -0.39 is 5.97 Å². The number of aromatic nitrogens is 3. The zero-order valence-corrected chi connectivity index (χ0v) is 18.2. The molecule has 3 aromatic rings. The van der Waals surface area contributed by atoms with Gasteiger partial charge in [0.2, 0.25) is 5.69 Å². The first kappa shape index (κ1) is 20.4. The van der Waals surface area contributed by atoms with Crippen LogP contribution in [-0.2, 0) is 4.74 Å². The van der Waals surface area contributed by atoms with Crippen LogP contribution in [0.5, 0.6) is 5.75 Å². The van der Waals surface area contributed by atoms with E-state index in [4.69, 9.17) is 9.47 Å². The van der Waals surface area contributed by atoms with Gasteiger partial charge in [0.15, 0.2) is 0 Å². The molecule has 6 nitrogen and oxygen atoms in total. The smallest absolute Gasteiger partial charge is 0.361 e. The number of nitrogens with zero attached hydrogens (tertiary/aromatic N) is 3. The minimum absolute atomic E-state index is 0.125. The number of rotatable bonds is 7. The Morgan fingerprint density at radius 3 is 2.46 bits per heavy atom. The molecule has 0 saturated heterocycles. The van der Waals surface area contributed by atoms with E-state index in [2.05, 4.69) is 26.2 Å². The molecule has 146 valence electrons. The average Bonchev–Trinajstić information content (AvgIpc) is 3.13. The first-order valence-corrected chi connectivity index (χ1v) is 10.3. The van der Waals surface area contributed by atoms with Crippen molar-refractivity contribution >= 4 is 33.7 Å². The number of methoxy groups -OCH3 is 1. The molecule has 28 heavy (non-hydrogen) atoms. The molecule has 0 fully saturated rings. The van der Waals surface area contributed by atoms with E-state index >= 15 is 0 Å². The monoisotopic (exact) mass is 461 g/mol. The summed E-state index contributed by atoms with van der Waals surface area (Å²) in [7, 11) is 1.63. The van der Waals surface area contributed by atoms with Crippen molar-refractivity contribution in [2.24, 2.45) is 0 Å². The Hall–Kier alpha value is -2.32. The lowest BCUT2D eigenvalue weighted by atomic mass is 10.1. The Labute approximate surface area is 176 Å². The molecule has 1 aromatic heterocycles. The van der Waals surface area contributed by atoms with Gasteiger partial charge in [0.25, 0.3) is 0 Å². The van der Waals surface area contributed by atoms with Gasteiger partial charge in [-0.3, -0.25) is 0 Å². The molecule has 0 radical (unpaired) electrons. The van der Waals surface area contributed by atoms with Gasteiger partial charge in [-0.2, -0.15) is 0 Å². The van der Waals surface area contributed by atoms with Crippen LogP contribution < -0.4 is 4.74 Å². The maximum Gasteiger partial charge on any atom is 0.361 e. The molecule has 1 atom stereocenters. The van der Waals surface area contributed by atoms with Crippen LogP contribution in [0.4, 0.5) is 0 Å². The van der Waals surface area contributed by atoms with Crippen LogP contribution in [0.3, 0.4) is 0 Å². The Kier molecular flexibility index (Phi) is 6.74. The van der Waals surface area contributed by atoms with Gasteiger partial charge < -0.3 is 9.47 Å². The first-order chi connectivity index (χ1) is 13.5. The van der Waals surface area contributed by atoms with E-state index in [1.54, 1.807) is 18.7 Å². The summed E-state index contributed by atoms with van der Waals surface area (Å²) in [5, 5.41) is 9.01. The minimum atomic E-state index is -0.477. The van der Waals surface area contributed by atoms with Crippen LogP contribution >= 0.6 is 27.7 Å². The molecule has 0 aliphatic heterocycles. The molecule has 0 spiro atoms. The predicted molar refractivity (Wildman–Crippen MR) is 111 cm³/mol. The molecule has 0 aliphatic rings. The molecule has 2 aromatic carbocycles. The summed E-state index contributed by atoms with van der Waals surface area (Å²) in [5.41, 5.74) is 1.24.